The van der Waals surface area contributed by atoms with Crippen molar-refractivity contribution in [1.82, 2.24) is 0 Å². The number of hydrogen-bond donors (Lipinski definition) is 2. The van der Waals surface area contributed by atoms with Crippen LogP contribution in [0.25, 0.3) is 0 Å². The normalized spacial score (nSPS) is 13.4. The van der Waals surface area contributed by atoms with Crippen molar-refractivity contribution >= 4 is 58.2 Å². The van der Waals surface area contributed by atoms with Crippen molar-refractivity contribution in [1.29, 1.82) is 0 Å². The lowest BCUT2D eigenvalue weighted by atomic mass is 10.3. The van der Waals surface area contributed by atoms with E-state index in [4.69, 9.17) is 23.2 Å². The van der Waals surface area contributed by atoms with Gasteiger partial charge in [-0.3, -0.25) is 9.59 Å². The second kappa shape index (κ2) is 8.13. The lowest BCUT2D eigenvalue weighted by Gasteiger charge is -2.09. The summed E-state index contributed by atoms with van der Waals surface area (Å²) in [7, 11) is 0. The molecule has 0 aromatic heterocycles. The fourth-order valence-corrected chi connectivity index (χ4v) is 3.29. The van der Waals surface area contributed by atoms with E-state index < -0.39 is 0 Å². The van der Waals surface area contributed by atoms with Crippen molar-refractivity contribution in [3.8, 4) is 0 Å². The molecule has 2 N–H and O–H groups in total. The van der Waals surface area contributed by atoms with Crippen LogP contribution in [0.1, 0.15) is 12.8 Å². The van der Waals surface area contributed by atoms with Crippen LogP contribution in [0.15, 0.2) is 47.4 Å². The third kappa shape index (κ3) is 5.14. The zero-order valence-electron chi connectivity index (χ0n) is 13.2. The van der Waals surface area contributed by atoms with Gasteiger partial charge in [0.05, 0.1) is 21.5 Å². The van der Waals surface area contributed by atoms with Gasteiger partial charge in [0.2, 0.25) is 11.8 Å². The van der Waals surface area contributed by atoms with E-state index in [1.54, 1.807) is 18.2 Å². The van der Waals surface area contributed by atoms with Gasteiger partial charge < -0.3 is 10.6 Å². The molecule has 1 saturated carbocycles. The van der Waals surface area contributed by atoms with Crippen molar-refractivity contribution in [2.75, 3.05) is 16.4 Å². The van der Waals surface area contributed by atoms with Gasteiger partial charge in [0.1, 0.15) is 0 Å². The summed E-state index contributed by atoms with van der Waals surface area (Å²) in [5.41, 5.74) is 1.24. The van der Waals surface area contributed by atoms with Crippen LogP contribution in [0.2, 0.25) is 10.0 Å². The molecule has 0 aliphatic heterocycles. The SMILES string of the molecule is O=C(CSc1cccc(NC(=O)C2CC2)c1)Nc1cccc(Cl)c1Cl. The zero-order chi connectivity index (χ0) is 17.8. The molecular weight excluding hydrogens is 379 g/mol. The molecule has 0 unspecified atom stereocenters. The van der Waals surface area contributed by atoms with E-state index >= 15 is 0 Å². The Hall–Kier alpha value is -1.69. The molecule has 130 valence electrons. The molecule has 0 saturated heterocycles. The molecule has 2 amide bonds. The first-order valence-electron chi connectivity index (χ1n) is 7.80. The zero-order valence-corrected chi connectivity index (χ0v) is 15.5. The predicted molar refractivity (Wildman–Crippen MR) is 104 cm³/mol. The maximum absolute atomic E-state index is 12.1. The van der Waals surface area contributed by atoms with Crippen LogP contribution < -0.4 is 10.6 Å². The molecule has 4 nitrogen and oxygen atoms in total. The summed E-state index contributed by atoms with van der Waals surface area (Å²) in [5.74, 6) is 0.268. The van der Waals surface area contributed by atoms with Crippen molar-refractivity contribution in [3.63, 3.8) is 0 Å². The Balaban J connectivity index is 1.54. The number of carbonyl (C=O) groups excluding carboxylic acids is 2. The van der Waals surface area contributed by atoms with E-state index in [0.717, 1.165) is 23.4 Å². The van der Waals surface area contributed by atoms with Gasteiger partial charge in [-0.05, 0) is 43.2 Å². The second-order valence-corrected chi connectivity index (χ2v) is 7.56. The van der Waals surface area contributed by atoms with E-state index in [1.165, 1.54) is 11.8 Å². The van der Waals surface area contributed by atoms with Crippen LogP contribution in [-0.4, -0.2) is 17.6 Å². The summed E-state index contributed by atoms with van der Waals surface area (Å²) in [5, 5.41) is 6.37. The van der Waals surface area contributed by atoms with Crippen LogP contribution in [0.5, 0.6) is 0 Å². The minimum Gasteiger partial charge on any atom is -0.326 e. The minimum atomic E-state index is -0.179. The number of carbonyl (C=O) groups is 2. The molecule has 0 radical (unpaired) electrons. The standard InChI is InChI=1S/C18H16Cl2N2O2S/c19-14-5-2-6-15(17(14)20)22-16(23)10-25-13-4-1-3-12(9-13)21-18(24)11-7-8-11/h1-6,9,11H,7-8,10H2,(H,21,24)(H,22,23). The highest BCUT2D eigenvalue weighted by Crippen LogP contribution is 2.31. The Labute approximate surface area is 160 Å². The van der Waals surface area contributed by atoms with E-state index in [0.29, 0.717) is 15.7 Å². The van der Waals surface area contributed by atoms with Gasteiger partial charge in [0, 0.05) is 16.5 Å². The summed E-state index contributed by atoms with van der Waals surface area (Å²) < 4.78 is 0. The van der Waals surface area contributed by atoms with E-state index in [-0.39, 0.29) is 23.5 Å². The number of benzene rings is 2. The number of thioether (sulfide) groups is 1. The van der Waals surface area contributed by atoms with Gasteiger partial charge in [-0.15, -0.1) is 11.8 Å². The third-order valence-corrected chi connectivity index (χ3v) is 5.46. The van der Waals surface area contributed by atoms with E-state index in [2.05, 4.69) is 10.6 Å². The number of halogens is 2. The Bertz CT molecular complexity index is 809. The van der Waals surface area contributed by atoms with Crippen molar-refractivity contribution in [2.24, 2.45) is 5.92 Å². The second-order valence-electron chi connectivity index (χ2n) is 5.73. The predicted octanol–water partition coefficient (Wildman–Crippen LogP) is 5.07. The van der Waals surface area contributed by atoms with Crippen molar-refractivity contribution in [3.05, 3.63) is 52.5 Å². The molecule has 2 aromatic rings. The van der Waals surface area contributed by atoms with Gasteiger partial charge in [0.25, 0.3) is 0 Å². The number of nitrogens with one attached hydrogen (secondary N) is 2. The van der Waals surface area contributed by atoms with E-state index in [9.17, 15) is 9.59 Å². The lowest BCUT2D eigenvalue weighted by Crippen LogP contribution is -2.14. The van der Waals surface area contributed by atoms with Crippen molar-refractivity contribution in [2.45, 2.75) is 17.7 Å². The quantitative estimate of drug-likeness (QED) is 0.672. The summed E-state index contributed by atoms with van der Waals surface area (Å²) in [6.07, 6.45) is 1.93. The highest BCUT2D eigenvalue weighted by Gasteiger charge is 2.29. The molecular formula is C18H16Cl2N2O2S. The number of rotatable bonds is 6. The van der Waals surface area contributed by atoms with Gasteiger partial charge in [0.15, 0.2) is 0 Å². The fourth-order valence-electron chi connectivity index (χ4n) is 2.19. The van der Waals surface area contributed by atoms with Crippen LogP contribution >= 0.6 is 35.0 Å². The highest BCUT2D eigenvalue weighted by atomic mass is 35.5. The molecule has 3 rings (SSSR count). The first-order valence-corrected chi connectivity index (χ1v) is 9.54. The Morgan fingerprint density at radius 2 is 1.84 bits per heavy atom. The highest BCUT2D eigenvalue weighted by molar-refractivity contribution is 8.00. The lowest BCUT2D eigenvalue weighted by molar-refractivity contribution is -0.117. The van der Waals surface area contributed by atoms with Gasteiger partial charge in [-0.1, -0.05) is 35.3 Å². The molecule has 1 aliphatic carbocycles. The third-order valence-electron chi connectivity index (χ3n) is 3.65. The molecule has 1 fully saturated rings. The maximum atomic E-state index is 12.1. The molecule has 1 aliphatic rings. The monoisotopic (exact) mass is 394 g/mol. The maximum Gasteiger partial charge on any atom is 0.234 e. The topological polar surface area (TPSA) is 58.2 Å². The Morgan fingerprint density at radius 1 is 1.08 bits per heavy atom. The molecule has 0 bridgehead atoms. The van der Waals surface area contributed by atoms with Crippen molar-refractivity contribution < 1.29 is 9.59 Å². The summed E-state index contributed by atoms with van der Waals surface area (Å²) >= 11 is 13.4. The molecule has 0 atom stereocenters. The van der Waals surface area contributed by atoms with Gasteiger partial charge in [-0.2, -0.15) is 0 Å². The van der Waals surface area contributed by atoms with Crippen LogP contribution in [0.4, 0.5) is 11.4 Å². The van der Waals surface area contributed by atoms with Crippen LogP contribution in [0.3, 0.4) is 0 Å². The first-order chi connectivity index (χ1) is 12.0. The molecule has 7 heteroatoms. The Kier molecular flexibility index (Phi) is 5.89. The largest absolute Gasteiger partial charge is 0.326 e. The molecule has 2 aromatic carbocycles. The van der Waals surface area contributed by atoms with Crippen LogP contribution in [-0.2, 0) is 9.59 Å². The minimum absolute atomic E-state index is 0.0653. The first kappa shape index (κ1) is 18.1. The van der Waals surface area contributed by atoms with Gasteiger partial charge >= 0.3 is 0 Å². The van der Waals surface area contributed by atoms with Gasteiger partial charge in [-0.25, -0.2) is 0 Å². The fraction of sp³-hybridized carbons (Fsp3) is 0.222. The summed E-state index contributed by atoms with van der Waals surface area (Å²) in [6, 6.07) is 12.6. The number of hydrogen-bond acceptors (Lipinski definition) is 3. The summed E-state index contributed by atoms with van der Waals surface area (Å²) in [6.45, 7) is 0. The van der Waals surface area contributed by atoms with E-state index in [1.807, 2.05) is 24.3 Å². The number of amides is 2. The average molecular weight is 395 g/mol. The molecule has 0 spiro atoms. The number of anilines is 2. The smallest absolute Gasteiger partial charge is 0.234 e. The average Bonchev–Trinajstić information content (AvgIpc) is 3.43. The Morgan fingerprint density at radius 3 is 2.60 bits per heavy atom. The molecule has 0 heterocycles. The molecule has 25 heavy (non-hydrogen) atoms. The van der Waals surface area contributed by atoms with Crippen LogP contribution in [0, 0.1) is 5.92 Å². The summed E-state index contributed by atoms with van der Waals surface area (Å²) in [4.78, 5) is 24.8.